The molecule has 6 rings (SSSR count). The second-order valence-electron chi connectivity index (χ2n) is 25.0. The van der Waals surface area contributed by atoms with E-state index in [-0.39, 0.29) is 85.5 Å². The number of carbonyl (C=O) groups is 4. The fraction of sp³-hybridized carbons (Fsp3) is 0.677. The smallest absolute Gasteiger partial charge is 0.342 e. The van der Waals surface area contributed by atoms with Gasteiger partial charge in [0.1, 0.15) is 58.5 Å². The van der Waals surface area contributed by atoms with Crippen LogP contribution in [0.1, 0.15) is 137 Å². The minimum Gasteiger partial charge on any atom is -0.508 e. The van der Waals surface area contributed by atoms with Crippen LogP contribution < -0.4 is 10.6 Å². The van der Waals surface area contributed by atoms with Gasteiger partial charge in [-0.3, -0.25) is 9.59 Å². The quantitative estimate of drug-likeness (QED) is 0.0405. The number of ether oxygens (including phenoxy) is 8. The van der Waals surface area contributed by atoms with Crippen LogP contribution in [0.2, 0.25) is 0 Å². The van der Waals surface area contributed by atoms with Crippen molar-refractivity contribution >= 4 is 23.8 Å². The molecule has 2 fully saturated rings. The lowest BCUT2D eigenvalue weighted by Crippen LogP contribution is -2.59. The number of fused-ring (bicyclic) bond motifs is 2. The number of carbonyl (C=O) groups excluding carboxylic acids is 4. The number of hydrogen-bond acceptors (Lipinski definition) is 22. The Balaban J connectivity index is 0.000000314. The molecule has 4 aliphatic heterocycles. The summed E-state index contributed by atoms with van der Waals surface area (Å²) in [6.45, 7) is 25.1. The number of cyclic esters (lactones) is 2. The van der Waals surface area contributed by atoms with Crippen molar-refractivity contribution in [2.24, 2.45) is 22.7 Å². The number of aliphatic hydroxyl groups is 6. The fourth-order valence-corrected chi connectivity index (χ4v) is 11.6. The van der Waals surface area contributed by atoms with E-state index in [1.165, 1.54) is 28.4 Å². The van der Waals surface area contributed by atoms with Crippen molar-refractivity contribution in [3.63, 3.8) is 0 Å². The lowest BCUT2D eigenvalue weighted by molar-refractivity contribution is -0.217. The number of phenols is 4. The number of phenolic OH excluding ortho intramolecular Hbond substituents is 4. The first-order valence-electron chi connectivity index (χ1n) is 29.0. The van der Waals surface area contributed by atoms with Crippen molar-refractivity contribution in [3.8, 4) is 23.0 Å². The van der Waals surface area contributed by atoms with Crippen LogP contribution in [0.5, 0.6) is 23.0 Å². The summed E-state index contributed by atoms with van der Waals surface area (Å²) in [6, 6.07) is 2.21. The molecule has 484 valence electrons. The van der Waals surface area contributed by atoms with Gasteiger partial charge in [0, 0.05) is 102 Å². The van der Waals surface area contributed by atoms with E-state index in [9.17, 15) is 70.2 Å². The van der Waals surface area contributed by atoms with Crippen molar-refractivity contribution in [2.75, 3.05) is 28.4 Å². The maximum Gasteiger partial charge on any atom is 0.342 e. The monoisotopic (exact) mass is 1220 g/mol. The number of nitrogens with one attached hydrogen (secondary N) is 2. The number of aliphatic hydroxyl groups excluding tert-OH is 6. The summed E-state index contributed by atoms with van der Waals surface area (Å²) >= 11 is 0. The Morgan fingerprint density at radius 3 is 1.21 bits per heavy atom. The van der Waals surface area contributed by atoms with Gasteiger partial charge in [-0.2, -0.15) is 0 Å². The molecule has 0 bridgehead atoms. The maximum absolute atomic E-state index is 12.9. The molecule has 2 amide bonds. The normalized spacial score (nSPS) is 26.8. The molecule has 4 aliphatic rings. The number of esters is 2. The van der Waals surface area contributed by atoms with Gasteiger partial charge in [0.05, 0.1) is 48.8 Å². The van der Waals surface area contributed by atoms with Crippen molar-refractivity contribution in [2.45, 2.75) is 219 Å². The zero-order valence-electron chi connectivity index (χ0n) is 52.0. The summed E-state index contributed by atoms with van der Waals surface area (Å²) in [5.41, 5.74) is 1.70. The van der Waals surface area contributed by atoms with Gasteiger partial charge in [-0.05, 0) is 62.8 Å². The molecule has 0 radical (unpaired) electrons. The molecular formula is C62H94N2O22. The largest absolute Gasteiger partial charge is 0.508 e. The van der Waals surface area contributed by atoms with E-state index in [4.69, 9.17) is 37.9 Å². The number of hydrogen-bond donors (Lipinski definition) is 12. The molecule has 2 aromatic rings. The van der Waals surface area contributed by atoms with E-state index in [0.29, 0.717) is 22.3 Å². The van der Waals surface area contributed by atoms with Gasteiger partial charge < -0.3 is 99.6 Å². The molecule has 86 heavy (non-hydrogen) atoms. The van der Waals surface area contributed by atoms with Crippen molar-refractivity contribution in [1.82, 2.24) is 10.6 Å². The number of rotatable bonds is 24. The minimum absolute atomic E-state index is 0.00479. The molecule has 18 atom stereocenters. The Labute approximate surface area is 503 Å². The highest BCUT2D eigenvalue weighted by Crippen LogP contribution is 2.45. The van der Waals surface area contributed by atoms with E-state index in [0.717, 1.165) is 23.3 Å². The number of amides is 2. The number of methoxy groups -OCH3 is 4. The van der Waals surface area contributed by atoms with Gasteiger partial charge in [-0.25, -0.2) is 9.59 Å². The summed E-state index contributed by atoms with van der Waals surface area (Å²) in [7, 11) is 5.51. The van der Waals surface area contributed by atoms with Crippen LogP contribution in [0, 0.1) is 36.5 Å². The van der Waals surface area contributed by atoms with Crippen LogP contribution in [-0.4, -0.2) is 201 Å². The molecule has 4 heterocycles. The van der Waals surface area contributed by atoms with Crippen LogP contribution in [0.3, 0.4) is 0 Å². The standard InChI is InChI=1S/2C31H47NO11/c2*1-14(2)9-22(40-7)27(37)28(38)32-29(41-8)23-13-24(36)31(5,6)25(42-23)12-19(34)16(4)21-10-17-15(3)18(33)11-20(35)26(17)30(39)43-21/h2*11,16,19,21-25,27,29,33-37H,1,9-10,12-13H2,2-8H3,(H,32,38)/t16-,19?,21?,22-,23+,24-,25?,27+,29+;16-,19?,21?,22-,23+,24-,25?,27+,29-/m11/s1. The SMILES string of the molecule is C=C(C)C[C@@H](OC)[C@H](O)C(=O)N[C@@H](OC)[C@@H]1C[C@@H](O)C(C)(C)C(CC(O)[C@@H](C)C2Cc3c(C)c(O)cc(O)c3C(=O)O2)O1.C=C(C)C[C@@H](OC)[C@H](O)C(=O)N[C@H](OC)[C@@H]1C[C@@H](O)C(C)(C)C(CC(O)[C@@H](C)C2Cc3c(C)c(O)cc(O)c3C(=O)O2)O1. The maximum atomic E-state index is 12.9. The Morgan fingerprint density at radius 1 is 0.593 bits per heavy atom. The third kappa shape index (κ3) is 16.2. The van der Waals surface area contributed by atoms with E-state index in [1.54, 1.807) is 41.5 Å². The van der Waals surface area contributed by atoms with E-state index in [1.807, 2.05) is 27.7 Å². The molecule has 6 unspecified atom stereocenters. The van der Waals surface area contributed by atoms with Crippen molar-refractivity contribution in [3.05, 3.63) is 69.8 Å². The molecule has 24 nitrogen and oxygen atoms in total. The van der Waals surface area contributed by atoms with Crippen LogP contribution in [-0.2, 0) is 60.3 Å². The first-order valence-corrected chi connectivity index (χ1v) is 29.0. The third-order valence-corrected chi connectivity index (χ3v) is 18.0. The van der Waals surface area contributed by atoms with Gasteiger partial charge in [0.25, 0.3) is 11.8 Å². The second kappa shape index (κ2) is 29.7. The second-order valence-corrected chi connectivity index (χ2v) is 25.0. The summed E-state index contributed by atoms with van der Waals surface area (Å²) in [5, 5.41) is 112. The fourth-order valence-electron chi connectivity index (χ4n) is 11.6. The molecular weight excluding hydrogens is 1120 g/mol. The first kappa shape index (κ1) is 71.3. The number of benzene rings is 2. The summed E-state index contributed by atoms with van der Waals surface area (Å²) < 4.78 is 45.4. The molecule has 0 aromatic heterocycles. The van der Waals surface area contributed by atoms with Crippen molar-refractivity contribution < 1.29 is 108 Å². The highest BCUT2D eigenvalue weighted by Gasteiger charge is 2.51. The van der Waals surface area contributed by atoms with Gasteiger partial charge in [-0.15, -0.1) is 13.2 Å². The highest BCUT2D eigenvalue weighted by atomic mass is 16.6. The summed E-state index contributed by atoms with van der Waals surface area (Å²) in [5.74, 6) is -5.13. The van der Waals surface area contributed by atoms with Gasteiger partial charge in [-0.1, -0.05) is 52.7 Å². The molecule has 12 N–H and O–H groups in total. The highest BCUT2D eigenvalue weighted by molar-refractivity contribution is 5.97. The van der Waals surface area contributed by atoms with Gasteiger partial charge in [0.15, 0.2) is 24.7 Å². The van der Waals surface area contributed by atoms with Crippen LogP contribution in [0.4, 0.5) is 0 Å². The summed E-state index contributed by atoms with van der Waals surface area (Å²) in [4.78, 5) is 51.3. The average molecular weight is 1220 g/mol. The zero-order chi connectivity index (χ0) is 64.8. The molecule has 0 spiro atoms. The molecule has 0 aliphatic carbocycles. The summed E-state index contributed by atoms with van der Waals surface area (Å²) in [6.07, 6.45) is -13.8. The topological polar surface area (TPSA) is 368 Å². The third-order valence-electron chi connectivity index (χ3n) is 18.0. The predicted octanol–water partition coefficient (Wildman–Crippen LogP) is 3.70. The van der Waals surface area contributed by atoms with E-state index < -0.39 is 144 Å². The number of aromatic hydroxyl groups is 4. The van der Waals surface area contributed by atoms with Crippen LogP contribution in [0.25, 0.3) is 0 Å². The molecule has 0 saturated carbocycles. The molecule has 24 heteroatoms. The van der Waals surface area contributed by atoms with Crippen LogP contribution >= 0.6 is 0 Å². The molecule has 2 aromatic carbocycles. The Hall–Kier alpha value is -5.48. The van der Waals surface area contributed by atoms with Crippen LogP contribution in [0.15, 0.2) is 36.4 Å². The Kier molecular flexibility index (Phi) is 24.6. The first-order chi connectivity index (χ1) is 40.0. The lowest BCUT2D eigenvalue weighted by atomic mass is 9.73. The lowest BCUT2D eigenvalue weighted by Gasteiger charge is -2.48. The minimum atomic E-state index is -1.50. The van der Waals surface area contributed by atoms with Gasteiger partial charge >= 0.3 is 11.9 Å². The van der Waals surface area contributed by atoms with Crippen molar-refractivity contribution in [1.29, 1.82) is 0 Å². The van der Waals surface area contributed by atoms with E-state index in [2.05, 4.69) is 23.8 Å². The average Bonchev–Trinajstić information content (AvgIpc) is 1.24. The zero-order valence-corrected chi connectivity index (χ0v) is 52.0. The van der Waals surface area contributed by atoms with Gasteiger partial charge in [0.2, 0.25) is 0 Å². The Morgan fingerprint density at radius 2 is 0.919 bits per heavy atom. The molecule has 2 saturated heterocycles. The van der Waals surface area contributed by atoms with E-state index >= 15 is 0 Å². The predicted molar refractivity (Wildman–Crippen MR) is 311 cm³/mol. The Bertz CT molecular complexity index is 2550.